The van der Waals surface area contributed by atoms with E-state index in [1.807, 2.05) is 23.5 Å². The van der Waals surface area contributed by atoms with Crippen LogP contribution in [-0.4, -0.2) is 42.3 Å². The minimum atomic E-state index is -0.214. The molecule has 0 spiro atoms. The van der Waals surface area contributed by atoms with E-state index in [0.717, 1.165) is 37.2 Å². The number of benzene rings is 1. The molecule has 1 N–H and O–H groups in total. The van der Waals surface area contributed by atoms with Crippen molar-refractivity contribution in [2.24, 2.45) is 0 Å². The lowest BCUT2D eigenvalue weighted by molar-refractivity contribution is -0.134. The molecule has 2 saturated heterocycles. The lowest BCUT2D eigenvalue weighted by Gasteiger charge is -2.36. The maximum atomic E-state index is 12.1. The second kappa shape index (κ2) is 6.93. The minimum Gasteiger partial charge on any atom is -0.371 e. The molecule has 1 aromatic carbocycles. The van der Waals surface area contributed by atoms with Crippen LogP contribution in [0.25, 0.3) is 0 Å². The van der Waals surface area contributed by atoms with Gasteiger partial charge in [-0.05, 0) is 44.0 Å². The fraction of sp³-hybridized carbons (Fsp3) is 0.529. The number of hydrogen-bond donors (Lipinski definition) is 2. The minimum absolute atomic E-state index is 0.166. The first kappa shape index (κ1) is 16.3. The van der Waals surface area contributed by atoms with Crippen molar-refractivity contribution < 1.29 is 9.59 Å². The number of nitrogens with zero attached hydrogens (tertiary/aromatic N) is 2. The van der Waals surface area contributed by atoms with Gasteiger partial charge in [-0.2, -0.15) is 0 Å². The van der Waals surface area contributed by atoms with Crippen LogP contribution in [0, 0.1) is 0 Å². The Balaban J connectivity index is 1.71. The SMILES string of the molecule is CN(S)C1CCN(c2cccc(C3CCC(=O)NC3=O)c2)CC1. The monoisotopic (exact) mass is 333 g/mol. The number of nitrogens with one attached hydrogen (secondary N) is 1. The topological polar surface area (TPSA) is 52.6 Å². The average molecular weight is 333 g/mol. The first-order valence-corrected chi connectivity index (χ1v) is 8.55. The zero-order valence-corrected chi connectivity index (χ0v) is 14.3. The summed E-state index contributed by atoms with van der Waals surface area (Å²) in [6, 6.07) is 8.71. The molecule has 2 heterocycles. The van der Waals surface area contributed by atoms with E-state index in [-0.39, 0.29) is 17.7 Å². The summed E-state index contributed by atoms with van der Waals surface area (Å²) < 4.78 is 2.00. The summed E-state index contributed by atoms with van der Waals surface area (Å²) in [5.74, 6) is -0.553. The molecule has 6 heteroatoms. The molecule has 2 fully saturated rings. The Morgan fingerprint density at radius 3 is 2.61 bits per heavy atom. The molecule has 0 bridgehead atoms. The van der Waals surface area contributed by atoms with Crippen LogP contribution < -0.4 is 10.2 Å². The van der Waals surface area contributed by atoms with Gasteiger partial charge in [0, 0.05) is 31.2 Å². The van der Waals surface area contributed by atoms with Crippen LogP contribution in [0.3, 0.4) is 0 Å². The Morgan fingerprint density at radius 2 is 1.96 bits per heavy atom. The van der Waals surface area contributed by atoms with E-state index in [1.165, 1.54) is 0 Å². The number of hydrogen-bond acceptors (Lipinski definition) is 5. The molecule has 23 heavy (non-hydrogen) atoms. The van der Waals surface area contributed by atoms with Gasteiger partial charge in [0.15, 0.2) is 0 Å². The third-order valence-electron chi connectivity index (χ3n) is 4.87. The molecule has 0 saturated carbocycles. The van der Waals surface area contributed by atoms with Gasteiger partial charge in [-0.3, -0.25) is 19.2 Å². The number of carbonyl (C=O) groups is 2. The lowest BCUT2D eigenvalue weighted by Crippen LogP contribution is -2.41. The number of amides is 2. The fourth-order valence-corrected chi connectivity index (χ4v) is 3.68. The summed E-state index contributed by atoms with van der Waals surface area (Å²) in [7, 11) is 2.01. The van der Waals surface area contributed by atoms with Crippen molar-refractivity contribution in [2.75, 3.05) is 25.0 Å². The number of piperidine rings is 2. The van der Waals surface area contributed by atoms with Gasteiger partial charge in [-0.1, -0.05) is 24.9 Å². The van der Waals surface area contributed by atoms with E-state index >= 15 is 0 Å². The van der Waals surface area contributed by atoms with Crippen LogP contribution in [0.1, 0.15) is 37.2 Å². The van der Waals surface area contributed by atoms with Crippen LogP contribution in [0.4, 0.5) is 5.69 Å². The molecule has 1 aromatic rings. The summed E-state index contributed by atoms with van der Waals surface area (Å²) in [5.41, 5.74) is 2.16. The predicted octanol–water partition coefficient (Wildman–Crippen LogP) is 1.95. The highest BCUT2D eigenvalue weighted by Crippen LogP contribution is 2.29. The van der Waals surface area contributed by atoms with E-state index in [1.54, 1.807) is 0 Å². The highest BCUT2D eigenvalue weighted by atomic mass is 32.1. The smallest absolute Gasteiger partial charge is 0.234 e. The zero-order valence-electron chi connectivity index (χ0n) is 13.4. The van der Waals surface area contributed by atoms with Gasteiger partial charge in [0.2, 0.25) is 11.8 Å². The Morgan fingerprint density at radius 1 is 1.22 bits per heavy atom. The number of rotatable bonds is 3. The molecule has 2 aliphatic rings. The number of thiol groups is 1. The molecule has 0 aliphatic carbocycles. The number of anilines is 1. The van der Waals surface area contributed by atoms with E-state index < -0.39 is 0 Å². The van der Waals surface area contributed by atoms with Gasteiger partial charge in [0.25, 0.3) is 0 Å². The molecular weight excluding hydrogens is 310 g/mol. The van der Waals surface area contributed by atoms with Crippen molar-refractivity contribution in [3.63, 3.8) is 0 Å². The molecule has 1 atom stereocenters. The van der Waals surface area contributed by atoms with Crippen molar-refractivity contribution in [1.29, 1.82) is 0 Å². The Kier molecular flexibility index (Phi) is 4.92. The summed E-state index contributed by atoms with van der Waals surface area (Å²) in [6.07, 6.45) is 3.19. The van der Waals surface area contributed by atoms with E-state index in [2.05, 4.69) is 35.2 Å². The van der Waals surface area contributed by atoms with Crippen molar-refractivity contribution in [3.8, 4) is 0 Å². The maximum absolute atomic E-state index is 12.1. The van der Waals surface area contributed by atoms with Crippen LogP contribution >= 0.6 is 12.8 Å². The standard InChI is InChI=1S/C17H23N3O2S/c1-19(23)13-7-9-20(10-8-13)14-4-2-3-12(11-14)15-5-6-16(21)18-17(15)22/h2-4,11,13,15,23H,5-10H2,1H3,(H,18,21,22). The average Bonchev–Trinajstić information content (AvgIpc) is 2.55. The molecule has 1 unspecified atom stereocenters. The molecular formula is C17H23N3O2S. The molecule has 5 nitrogen and oxygen atoms in total. The summed E-state index contributed by atoms with van der Waals surface area (Å²) in [4.78, 5) is 25.7. The molecule has 2 amide bonds. The Hall–Kier alpha value is -1.53. The van der Waals surface area contributed by atoms with Gasteiger partial charge in [-0.25, -0.2) is 0 Å². The quantitative estimate of drug-likeness (QED) is 0.656. The second-order valence-corrected chi connectivity index (χ2v) is 7.02. The highest BCUT2D eigenvalue weighted by molar-refractivity contribution is 7.77. The largest absolute Gasteiger partial charge is 0.371 e. The summed E-state index contributed by atoms with van der Waals surface area (Å²) in [5, 5.41) is 2.44. The van der Waals surface area contributed by atoms with E-state index in [9.17, 15) is 9.59 Å². The fourth-order valence-electron chi connectivity index (χ4n) is 3.45. The maximum Gasteiger partial charge on any atom is 0.234 e. The molecule has 0 radical (unpaired) electrons. The molecule has 0 aromatic heterocycles. The third-order valence-corrected chi connectivity index (χ3v) is 5.20. The summed E-state index contributed by atoms with van der Waals surface area (Å²) in [6.45, 7) is 1.99. The van der Waals surface area contributed by atoms with Crippen LogP contribution in [-0.2, 0) is 9.59 Å². The molecule has 124 valence electrons. The zero-order chi connectivity index (χ0) is 16.4. The molecule has 2 aliphatic heterocycles. The van der Waals surface area contributed by atoms with Crippen molar-refractivity contribution in [3.05, 3.63) is 29.8 Å². The first-order valence-electron chi connectivity index (χ1n) is 8.15. The van der Waals surface area contributed by atoms with E-state index in [4.69, 9.17) is 0 Å². The van der Waals surface area contributed by atoms with Crippen molar-refractivity contribution >= 4 is 30.3 Å². The third kappa shape index (κ3) is 3.70. The predicted molar refractivity (Wildman–Crippen MR) is 93.6 cm³/mol. The molecule has 3 rings (SSSR count). The van der Waals surface area contributed by atoms with Gasteiger partial charge >= 0.3 is 0 Å². The van der Waals surface area contributed by atoms with Crippen molar-refractivity contribution in [2.45, 2.75) is 37.6 Å². The second-order valence-electron chi connectivity index (χ2n) is 6.39. The number of carbonyl (C=O) groups excluding carboxylic acids is 2. The van der Waals surface area contributed by atoms with Crippen LogP contribution in [0.15, 0.2) is 24.3 Å². The normalized spacial score (nSPS) is 23.3. The Labute approximate surface area is 142 Å². The van der Waals surface area contributed by atoms with Gasteiger partial charge in [0.05, 0.1) is 5.92 Å². The Bertz CT molecular complexity index is 597. The van der Waals surface area contributed by atoms with Crippen LogP contribution in [0.5, 0.6) is 0 Å². The highest BCUT2D eigenvalue weighted by Gasteiger charge is 2.28. The van der Waals surface area contributed by atoms with Gasteiger partial charge in [-0.15, -0.1) is 0 Å². The van der Waals surface area contributed by atoms with Crippen molar-refractivity contribution in [1.82, 2.24) is 9.62 Å². The van der Waals surface area contributed by atoms with Gasteiger partial charge < -0.3 is 4.90 Å². The summed E-state index contributed by atoms with van der Waals surface area (Å²) >= 11 is 4.40. The van der Waals surface area contributed by atoms with Gasteiger partial charge in [0.1, 0.15) is 0 Å². The number of imide groups is 1. The van der Waals surface area contributed by atoms with Crippen LogP contribution in [0.2, 0.25) is 0 Å². The first-order chi connectivity index (χ1) is 11.0. The van der Waals surface area contributed by atoms with E-state index in [0.29, 0.717) is 18.9 Å². The lowest BCUT2D eigenvalue weighted by atomic mass is 9.90.